The van der Waals surface area contributed by atoms with E-state index in [-0.39, 0.29) is 18.8 Å². The van der Waals surface area contributed by atoms with E-state index in [2.05, 4.69) is 0 Å². The molecule has 0 spiro atoms. The van der Waals surface area contributed by atoms with Crippen LogP contribution in [-0.2, 0) is 19.1 Å². The van der Waals surface area contributed by atoms with Gasteiger partial charge >= 0.3 is 11.9 Å². The Kier molecular flexibility index (Phi) is 3.43. The number of carbonyl (C=O) groups is 2. The SMILES string of the molecule is CCOC(=O)C(=O)N1CCOC2CCCC21. The van der Waals surface area contributed by atoms with Crippen molar-refractivity contribution in [3.63, 3.8) is 0 Å². The molecule has 90 valence electrons. The quantitative estimate of drug-likeness (QED) is 0.478. The predicted molar refractivity (Wildman–Crippen MR) is 55.7 cm³/mol. The Morgan fingerprint density at radius 2 is 2.25 bits per heavy atom. The Morgan fingerprint density at radius 3 is 3.00 bits per heavy atom. The van der Waals surface area contributed by atoms with Crippen LogP contribution in [0.2, 0.25) is 0 Å². The fraction of sp³-hybridized carbons (Fsp3) is 0.818. The van der Waals surface area contributed by atoms with Crippen molar-refractivity contribution in [2.45, 2.75) is 38.3 Å². The fourth-order valence-electron chi connectivity index (χ4n) is 2.49. The molecule has 2 aliphatic rings. The van der Waals surface area contributed by atoms with Gasteiger partial charge < -0.3 is 14.4 Å². The second kappa shape index (κ2) is 4.82. The zero-order valence-electron chi connectivity index (χ0n) is 9.48. The molecule has 1 aliphatic carbocycles. The lowest BCUT2D eigenvalue weighted by Crippen LogP contribution is -2.53. The number of amides is 1. The molecule has 2 atom stereocenters. The molecule has 0 radical (unpaired) electrons. The van der Waals surface area contributed by atoms with Gasteiger partial charge in [0.15, 0.2) is 0 Å². The molecule has 1 heterocycles. The summed E-state index contributed by atoms with van der Waals surface area (Å²) >= 11 is 0. The van der Waals surface area contributed by atoms with Gasteiger partial charge in [-0.2, -0.15) is 0 Å². The predicted octanol–water partition coefficient (Wildman–Crippen LogP) is 0.329. The lowest BCUT2D eigenvalue weighted by Gasteiger charge is -2.36. The van der Waals surface area contributed by atoms with Gasteiger partial charge in [0.25, 0.3) is 0 Å². The van der Waals surface area contributed by atoms with Crippen molar-refractivity contribution in [2.75, 3.05) is 19.8 Å². The van der Waals surface area contributed by atoms with Crippen LogP contribution in [0.15, 0.2) is 0 Å². The summed E-state index contributed by atoms with van der Waals surface area (Å²) in [6.45, 7) is 2.96. The summed E-state index contributed by atoms with van der Waals surface area (Å²) in [5.41, 5.74) is 0. The van der Waals surface area contributed by atoms with E-state index >= 15 is 0 Å². The molecule has 0 N–H and O–H groups in total. The zero-order valence-corrected chi connectivity index (χ0v) is 9.48. The fourth-order valence-corrected chi connectivity index (χ4v) is 2.49. The number of morpholine rings is 1. The van der Waals surface area contributed by atoms with Gasteiger partial charge in [0, 0.05) is 6.54 Å². The van der Waals surface area contributed by atoms with Crippen LogP contribution in [0.5, 0.6) is 0 Å². The Morgan fingerprint density at radius 1 is 1.44 bits per heavy atom. The summed E-state index contributed by atoms with van der Waals surface area (Å²) in [5.74, 6) is -1.25. The van der Waals surface area contributed by atoms with E-state index in [1.807, 2.05) is 0 Å². The minimum atomic E-state index is -0.741. The molecule has 0 aromatic carbocycles. The maximum atomic E-state index is 11.8. The number of hydrogen-bond acceptors (Lipinski definition) is 4. The second-order valence-corrected chi connectivity index (χ2v) is 4.13. The van der Waals surface area contributed by atoms with Crippen LogP contribution in [0, 0.1) is 0 Å². The molecule has 5 nitrogen and oxygen atoms in total. The standard InChI is InChI=1S/C11H17NO4/c1-2-15-11(14)10(13)12-6-7-16-9-5-3-4-8(9)12/h8-9H,2-7H2,1H3. The molecule has 1 saturated carbocycles. The van der Waals surface area contributed by atoms with Crippen LogP contribution in [0.1, 0.15) is 26.2 Å². The molecule has 0 aromatic heterocycles. The third-order valence-corrected chi connectivity index (χ3v) is 3.19. The molecule has 2 fully saturated rings. The minimum Gasteiger partial charge on any atom is -0.459 e. The van der Waals surface area contributed by atoms with E-state index in [4.69, 9.17) is 9.47 Å². The molecule has 5 heteroatoms. The van der Waals surface area contributed by atoms with E-state index in [1.54, 1.807) is 11.8 Å². The van der Waals surface area contributed by atoms with Crippen molar-refractivity contribution < 1.29 is 19.1 Å². The van der Waals surface area contributed by atoms with E-state index in [1.165, 1.54) is 0 Å². The van der Waals surface area contributed by atoms with Crippen molar-refractivity contribution in [3.8, 4) is 0 Å². The van der Waals surface area contributed by atoms with Crippen molar-refractivity contribution in [3.05, 3.63) is 0 Å². The van der Waals surface area contributed by atoms with Crippen molar-refractivity contribution in [1.82, 2.24) is 4.90 Å². The lowest BCUT2D eigenvalue weighted by molar-refractivity contribution is -0.166. The van der Waals surface area contributed by atoms with E-state index < -0.39 is 11.9 Å². The van der Waals surface area contributed by atoms with Gasteiger partial charge in [-0.15, -0.1) is 0 Å². The zero-order chi connectivity index (χ0) is 11.5. The summed E-state index contributed by atoms with van der Waals surface area (Å²) < 4.78 is 10.3. The summed E-state index contributed by atoms with van der Waals surface area (Å²) in [5, 5.41) is 0. The van der Waals surface area contributed by atoms with Gasteiger partial charge in [0.2, 0.25) is 0 Å². The number of hydrogen-bond donors (Lipinski definition) is 0. The third kappa shape index (κ3) is 2.04. The van der Waals surface area contributed by atoms with Gasteiger partial charge in [-0.1, -0.05) is 0 Å². The van der Waals surface area contributed by atoms with Gasteiger partial charge in [0.05, 0.1) is 25.4 Å². The molecule has 16 heavy (non-hydrogen) atoms. The molecule has 1 amide bonds. The van der Waals surface area contributed by atoms with E-state index in [9.17, 15) is 9.59 Å². The molecule has 1 aliphatic heterocycles. The Bertz CT molecular complexity index is 292. The summed E-state index contributed by atoms with van der Waals surface area (Å²) in [6, 6.07) is 0.0747. The average Bonchev–Trinajstić information content (AvgIpc) is 2.76. The molecular weight excluding hydrogens is 210 g/mol. The first kappa shape index (κ1) is 11.4. The van der Waals surface area contributed by atoms with E-state index in [0.717, 1.165) is 19.3 Å². The van der Waals surface area contributed by atoms with Gasteiger partial charge in [-0.25, -0.2) is 4.79 Å². The van der Waals surface area contributed by atoms with Crippen LogP contribution in [0.25, 0.3) is 0 Å². The number of ether oxygens (including phenoxy) is 2. The van der Waals surface area contributed by atoms with Crippen LogP contribution in [0.4, 0.5) is 0 Å². The highest BCUT2D eigenvalue weighted by Gasteiger charge is 2.40. The number of fused-ring (bicyclic) bond motifs is 1. The average molecular weight is 227 g/mol. The Labute approximate surface area is 94.7 Å². The lowest BCUT2D eigenvalue weighted by atomic mass is 10.1. The minimum absolute atomic E-state index is 0.0747. The summed E-state index contributed by atoms with van der Waals surface area (Å²) in [7, 11) is 0. The van der Waals surface area contributed by atoms with Crippen LogP contribution in [0.3, 0.4) is 0 Å². The first-order valence-corrected chi connectivity index (χ1v) is 5.83. The molecular formula is C11H17NO4. The smallest absolute Gasteiger partial charge is 0.397 e. The highest BCUT2D eigenvalue weighted by Crippen LogP contribution is 2.29. The molecule has 1 saturated heterocycles. The highest BCUT2D eigenvalue weighted by atomic mass is 16.5. The van der Waals surface area contributed by atoms with Crippen molar-refractivity contribution >= 4 is 11.9 Å². The van der Waals surface area contributed by atoms with Crippen LogP contribution in [-0.4, -0.2) is 48.7 Å². The molecule has 2 rings (SSSR count). The monoisotopic (exact) mass is 227 g/mol. The maximum Gasteiger partial charge on any atom is 0.397 e. The molecule has 0 aromatic rings. The largest absolute Gasteiger partial charge is 0.459 e. The summed E-state index contributed by atoms with van der Waals surface area (Å²) in [6.07, 6.45) is 3.08. The van der Waals surface area contributed by atoms with Crippen molar-refractivity contribution in [1.29, 1.82) is 0 Å². The molecule has 2 unspecified atom stereocenters. The van der Waals surface area contributed by atoms with E-state index in [0.29, 0.717) is 13.2 Å². The molecule has 0 bridgehead atoms. The first-order valence-electron chi connectivity index (χ1n) is 5.83. The van der Waals surface area contributed by atoms with Gasteiger partial charge in [-0.05, 0) is 26.2 Å². The second-order valence-electron chi connectivity index (χ2n) is 4.13. The van der Waals surface area contributed by atoms with Crippen LogP contribution < -0.4 is 0 Å². The maximum absolute atomic E-state index is 11.8. The first-order chi connectivity index (χ1) is 7.74. The number of esters is 1. The number of rotatable bonds is 1. The topological polar surface area (TPSA) is 55.8 Å². The van der Waals surface area contributed by atoms with Crippen molar-refractivity contribution in [2.24, 2.45) is 0 Å². The number of carbonyl (C=O) groups excluding carboxylic acids is 2. The highest BCUT2D eigenvalue weighted by molar-refractivity contribution is 6.32. The van der Waals surface area contributed by atoms with Gasteiger partial charge in [0.1, 0.15) is 0 Å². The Balaban J connectivity index is 2.02. The van der Waals surface area contributed by atoms with Crippen LogP contribution >= 0.6 is 0 Å². The third-order valence-electron chi connectivity index (χ3n) is 3.19. The Hall–Kier alpha value is -1.10. The number of nitrogens with zero attached hydrogens (tertiary/aromatic N) is 1. The summed E-state index contributed by atoms with van der Waals surface area (Å²) in [4.78, 5) is 24.8. The normalized spacial score (nSPS) is 28.7. The van der Waals surface area contributed by atoms with Gasteiger partial charge in [-0.3, -0.25) is 4.79 Å².